The van der Waals surface area contributed by atoms with Crippen molar-refractivity contribution in [2.24, 2.45) is 0 Å². The third kappa shape index (κ3) is 6.74. The number of aliphatic carboxylic acids is 1. The lowest BCUT2D eigenvalue weighted by atomic mass is 10.1. The molecule has 8 nitrogen and oxygen atoms in total. The molecule has 2 rings (SSSR count). The summed E-state index contributed by atoms with van der Waals surface area (Å²) in [5, 5.41) is 21.2. The van der Waals surface area contributed by atoms with Crippen LogP contribution in [0.1, 0.15) is 11.3 Å². The Bertz CT molecular complexity index is 661. The van der Waals surface area contributed by atoms with E-state index >= 15 is 0 Å². The van der Waals surface area contributed by atoms with Crippen LogP contribution in [0, 0.1) is 0 Å². The van der Waals surface area contributed by atoms with E-state index < -0.39 is 12.0 Å². The molecular formula is C17H22N4O4. The van der Waals surface area contributed by atoms with E-state index in [4.69, 9.17) is 5.11 Å². The Hall–Kier alpha value is -2.71. The highest BCUT2D eigenvalue weighted by Crippen LogP contribution is 2.04. The van der Waals surface area contributed by atoms with Crippen molar-refractivity contribution in [1.82, 2.24) is 20.2 Å². The van der Waals surface area contributed by atoms with Gasteiger partial charge in [0, 0.05) is 19.2 Å². The van der Waals surface area contributed by atoms with Crippen molar-refractivity contribution in [3.63, 3.8) is 0 Å². The molecule has 0 saturated heterocycles. The number of carboxylic acid groups (broad SMARTS) is 1. The van der Waals surface area contributed by atoms with Crippen LogP contribution in [0.4, 0.5) is 0 Å². The third-order valence-electron chi connectivity index (χ3n) is 3.57. The van der Waals surface area contributed by atoms with E-state index in [1.807, 2.05) is 30.3 Å². The van der Waals surface area contributed by atoms with Crippen LogP contribution < -0.4 is 5.32 Å². The number of carbonyl (C=O) groups is 2. The molecule has 1 atom stereocenters. The van der Waals surface area contributed by atoms with E-state index in [1.165, 1.54) is 11.2 Å². The van der Waals surface area contributed by atoms with E-state index in [9.17, 15) is 14.7 Å². The van der Waals surface area contributed by atoms with Crippen LogP contribution in [0.25, 0.3) is 0 Å². The third-order valence-corrected chi connectivity index (χ3v) is 3.57. The zero-order valence-electron chi connectivity index (χ0n) is 13.8. The molecule has 0 aliphatic rings. The normalized spacial score (nSPS) is 12.1. The van der Waals surface area contributed by atoms with Gasteiger partial charge in [0.05, 0.1) is 37.8 Å². The minimum absolute atomic E-state index is 0.0712. The number of H-pyrrole nitrogens is 1. The summed E-state index contributed by atoms with van der Waals surface area (Å²) in [6, 6.07) is 8.87. The van der Waals surface area contributed by atoms with Gasteiger partial charge in [-0.3, -0.25) is 14.5 Å². The SMILES string of the molecule is O=C(O)CN(CC(=O)NC(CO)Cc1c[nH]cn1)Cc1ccccc1. The molecule has 1 aromatic carbocycles. The second kappa shape index (κ2) is 9.55. The monoisotopic (exact) mass is 346 g/mol. The first-order valence-electron chi connectivity index (χ1n) is 7.92. The first-order chi connectivity index (χ1) is 12.1. The number of aliphatic hydroxyl groups excluding tert-OH is 1. The molecule has 0 aliphatic heterocycles. The van der Waals surface area contributed by atoms with Crippen LogP contribution >= 0.6 is 0 Å². The van der Waals surface area contributed by atoms with Crippen molar-refractivity contribution in [1.29, 1.82) is 0 Å². The maximum Gasteiger partial charge on any atom is 0.317 e. The highest BCUT2D eigenvalue weighted by molar-refractivity contribution is 5.79. The van der Waals surface area contributed by atoms with Gasteiger partial charge in [0.1, 0.15) is 0 Å². The quantitative estimate of drug-likeness (QED) is 0.481. The molecule has 1 amide bonds. The molecule has 1 aromatic heterocycles. The van der Waals surface area contributed by atoms with Gasteiger partial charge in [-0.2, -0.15) is 0 Å². The summed E-state index contributed by atoms with van der Waals surface area (Å²) in [6.45, 7) is -0.191. The van der Waals surface area contributed by atoms with Crippen molar-refractivity contribution >= 4 is 11.9 Å². The number of benzene rings is 1. The van der Waals surface area contributed by atoms with Crippen molar-refractivity contribution in [3.05, 3.63) is 54.1 Å². The molecule has 0 spiro atoms. The van der Waals surface area contributed by atoms with Gasteiger partial charge in [-0.05, 0) is 5.56 Å². The number of rotatable bonds is 10. The Morgan fingerprint density at radius 2 is 2.00 bits per heavy atom. The molecule has 0 saturated carbocycles. The summed E-state index contributed by atoms with van der Waals surface area (Å²) in [5.74, 6) is -1.34. The molecular weight excluding hydrogens is 324 g/mol. The van der Waals surface area contributed by atoms with Crippen LogP contribution in [0.15, 0.2) is 42.9 Å². The highest BCUT2D eigenvalue weighted by atomic mass is 16.4. The second-order valence-corrected chi connectivity index (χ2v) is 5.74. The molecule has 8 heteroatoms. The lowest BCUT2D eigenvalue weighted by Gasteiger charge is -2.22. The lowest BCUT2D eigenvalue weighted by molar-refractivity contribution is -0.139. The highest BCUT2D eigenvalue weighted by Gasteiger charge is 2.18. The van der Waals surface area contributed by atoms with Gasteiger partial charge < -0.3 is 20.5 Å². The number of aromatic amines is 1. The summed E-state index contributed by atoms with van der Waals surface area (Å²) in [6.07, 6.45) is 3.62. The van der Waals surface area contributed by atoms with E-state index in [0.29, 0.717) is 13.0 Å². The Morgan fingerprint density at radius 1 is 1.24 bits per heavy atom. The summed E-state index contributed by atoms with van der Waals surface area (Å²) in [7, 11) is 0. The van der Waals surface area contributed by atoms with E-state index in [2.05, 4.69) is 15.3 Å². The van der Waals surface area contributed by atoms with Crippen LogP contribution in [-0.4, -0.2) is 62.7 Å². The zero-order chi connectivity index (χ0) is 18.1. The van der Waals surface area contributed by atoms with Gasteiger partial charge in [-0.15, -0.1) is 0 Å². The molecule has 0 bridgehead atoms. The number of carboxylic acids is 1. The molecule has 134 valence electrons. The first-order valence-corrected chi connectivity index (χ1v) is 7.92. The number of amides is 1. The van der Waals surface area contributed by atoms with Crippen LogP contribution in [-0.2, 0) is 22.6 Å². The Balaban J connectivity index is 1.91. The van der Waals surface area contributed by atoms with Crippen molar-refractivity contribution in [2.45, 2.75) is 19.0 Å². The van der Waals surface area contributed by atoms with Crippen molar-refractivity contribution in [3.8, 4) is 0 Å². The number of nitrogens with one attached hydrogen (secondary N) is 2. The predicted molar refractivity (Wildman–Crippen MR) is 90.7 cm³/mol. The van der Waals surface area contributed by atoms with Crippen molar-refractivity contribution in [2.75, 3.05) is 19.7 Å². The maximum absolute atomic E-state index is 12.2. The van der Waals surface area contributed by atoms with Crippen LogP contribution in [0.3, 0.4) is 0 Å². The molecule has 0 aliphatic carbocycles. The van der Waals surface area contributed by atoms with Gasteiger partial charge in [0.15, 0.2) is 0 Å². The summed E-state index contributed by atoms with van der Waals surface area (Å²) in [4.78, 5) is 31.7. The molecule has 2 aromatic rings. The van der Waals surface area contributed by atoms with Gasteiger partial charge in [-0.1, -0.05) is 30.3 Å². The van der Waals surface area contributed by atoms with Gasteiger partial charge in [-0.25, -0.2) is 4.98 Å². The number of hydrogen-bond donors (Lipinski definition) is 4. The van der Waals surface area contributed by atoms with E-state index in [-0.39, 0.29) is 25.6 Å². The number of carbonyl (C=O) groups excluding carboxylic acids is 1. The molecule has 1 heterocycles. The minimum atomic E-state index is -1.00. The minimum Gasteiger partial charge on any atom is -0.480 e. The van der Waals surface area contributed by atoms with Crippen LogP contribution in [0.2, 0.25) is 0 Å². The Labute approximate surface area is 145 Å². The molecule has 0 radical (unpaired) electrons. The average molecular weight is 346 g/mol. The number of aliphatic hydroxyl groups is 1. The number of nitrogens with zero attached hydrogens (tertiary/aromatic N) is 2. The lowest BCUT2D eigenvalue weighted by Crippen LogP contribution is -2.45. The largest absolute Gasteiger partial charge is 0.480 e. The Kier molecular flexibility index (Phi) is 7.12. The summed E-state index contributed by atoms with van der Waals surface area (Å²) >= 11 is 0. The van der Waals surface area contributed by atoms with E-state index in [1.54, 1.807) is 6.20 Å². The Morgan fingerprint density at radius 3 is 2.60 bits per heavy atom. The predicted octanol–water partition coefficient (Wildman–Crippen LogP) is 0.0161. The standard InChI is InChI=1S/C17H22N4O4/c22-11-15(6-14-7-18-12-19-14)20-16(23)9-21(10-17(24)25)8-13-4-2-1-3-5-13/h1-5,7,12,15,22H,6,8-11H2,(H,18,19)(H,20,23)(H,24,25). The molecule has 1 unspecified atom stereocenters. The number of aromatic nitrogens is 2. The fourth-order valence-corrected chi connectivity index (χ4v) is 2.49. The van der Waals surface area contributed by atoms with Gasteiger partial charge in [0.25, 0.3) is 0 Å². The number of hydrogen-bond acceptors (Lipinski definition) is 5. The van der Waals surface area contributed by atoms with Crippen LogP contribution in [0.5, 0.6) is 0 Å². The van der Waals surface area contributed by atoms with Crippen molar-refractivity contribution < 1.29 is 19.8 Å². The topological polar surface area (TPSA) is 119 Å². The van der Waals surface area contributed by atoms with Gasteiger partial charge >= 0.3 is 5.97 Å². The summed E-state index contributed by atoms with van der Waals surface area (Å²) in [5.41, 5.74) is 1.65. The first kappa shape index (κ1) is 18.6. The summed E-state index contributed by atoms with van der Waals surface area (Å²) < 4.78 is 0. The van der Waals surface area contributed by atoms with E-state index in [0.717, 1.165) is 11.3 Å². The maximum atomic E-state index is 12.2. The molecule has 25 heavy (non-hydrogen) atoms. The fourth-order valence-electron chi connectivity index (χ4n) is 2.49. The zero-order valence-corrected chi connectivity index (χ0v) is 13.8. The molecule has 4 N–H and O–H groups in total. The fraction of sp³-hybridized carbons (Fsp3) is 0.353. The average Bonchev–Trinajstić information content (AvgIpc) is 3.07. The van der Waals surface area contributed by atoms with Gasteiger partial charge in [0.2, 0.25) is 5.91 Å². The smallest absolute Gasteiger partial charge is 0.317 e. The molecule has 0 fully saturated rings. The number of imidazole rings is 1. The second-order valence-electron chi connectivity index (χ2n) is 5.74.